The van der Waals surface area contributed by atoms with Crippen LogP contribution in [0.15, 0.2) is 0 Å². The summed E-state index contributed by atoms with van der Waals surface area (Å²) in [5.41, 5.74) is 0. The predicted octanol–water partition coefficient (Wildman–Crippen LogP) is 1.09. The minimum atomic E-state index is -0.891. The molecule has 0 aliphatic carbocycles. The number of nitrogens with one attached hydrogen (secondary N) is 1. The molecule has 0 aromatic rings. The summed E-state index contributed by atoms with van der Waals surface area (Å²) >= 11 is 0. The van der Waals surface area contributed by atoms with Gasteiger partial charge < -0.3 is 10.0 Å². The number of hydrogen-bond donors (Lipinski definition) is 2. The number of nitrogens with zero attached hydrogens (tertiary/aromatic N) is 1. The Morgan fingerprint density at radius 3 is 2.35 bits per heavy atom. The number of unbranched alkanes of at least 4 members (excludes halogenated alkanes) is 1. The highest BCUT2D eigenvalue weighted by molar-refractivity contribution is 5.82. The minimum absolute atomic E-state index is 0.0738. The molecule has 2 atom stereocenters. The Labute approximate surface area is 103 Å². The number of carboxylic acids is 1. The number of amides is 1. The lowest BCUT2D eigenvalue weighted by Crippen LogP contribution is -2.49. The second-order valence-corrected chi connectivity index (χ2v) is 4.27. The lowest BCUT2D eigenvalue weighted by Gasteiger charge is -2.23. The Morgan fingerprint density at radius 2 is 1.94 bits per heavy atom. The van der Waals surface area contributed by atoms with Gasteiger partial charge in [0.1, 0.15) is 6.04 Å². The number of carbonyl (C=O) groups is 2. The third-order valence-electron chi connectivity index (χ3n) is 2.82. The largest absolute Gasteiger partial charge is 0.480 e. The van der Waals surface area contributed by atoms with Gasteiger partial charge in [-0.3, -0.25) is 14.9 Å². The van der Waals surface area contributed by atoms with Crippen molar-refractivity contribution in [3.8, 4) is 0 Å². The van der Waals surface area contributed by atoms with Crippen molar-refractivity contribution in [3.63, 3.8) is 0 Å². The van der Waals surface area contributed by atoms with Gasteiger partial charge >= 0.3 is 5.97 Å². The summed E-state index contributed by atoms with van der Waals surface area (Å²) in [6, 6.07) is -1.10. The minimum Gasteiger partial charge on any atom is -0.480 e. The summed E-state index contributed by atoms with van der Waals surface area (Å²) in [6.07, 6.45) is 2.34. The molecule has 0 fully saturated rings. The summed E-state index contributed by atoms with van der Waals surface area (Å²) in [4.78, 5) is 24.4. The molecule has 0 spiro atoms. The third kappa shape index (κ3) is 5.68. The van der Waals surface area contributed by atoms with Gasteiger partial charge in [0.25, 0.3) is 0 Å². The molecule has 5 nitrogen and oxygen atoms in total. The number of hydrogen-bond acceptors (Lipinski definition) is 3. The van der Waals surface area contributed by atoms with Crippen molar-refractivity contribution >= 4 is 11.9 Å². The fourth-order valence-electron chi connectivity index (χ4n) is 1.55. The highest BCUT2D eigenvalue weighted by Gasteiger charge is 2.23. The normalized spacial score (nSPS) is 14.1. The molecule has 0 aromatic carbocycles. The molecule has 0 saturated heterocycles. The molecule has 0 aliphatic heterocycles. The van der Waals surface area contributed by atoms with Crippen LogP contribution in [0.5, 0.6) is 0 Å². The van der Waals surface area contributed by atoms with Crippen molar-refractivity contribution in [2.45, 2.75) is 52.1 Å². The second-order valence-electron chi connectivity index (χ2n) is 4.27. The zero-order chi connectivity index (χ0) is 13.4. The number of aliphatic carboxylic acids is 1. The van der Waals surface area contributed by atoms with Crippen LogP contribution < -0.4 is 5.32 Å². The van der Waals surface area contributed by atoms with E-state index in [1.165, 1.54) is 0 Å². The SMILES string of the molecule is CCCCC(NC(C)C(=O)N(C)CC)C(=O)O. The van der Waals surface area contributed by atoms with Gasteiger partial charge in [0.2, 0.25) is 5.91 Å². The fourth-order valence-corrected chi connectivity index (χ4v) is 1.55. The molecule has 1 amide bonds. The zero-order valence-electron chi connectivity index (χ0n) is 11.2. The van der Waals surface area contributed by atoms with E-state index in [-0.39, 0.29) is 5.91 Å². The molecule has 2 unspecified atom stereocenters. The van der Waals surface area contributed by atoms with E-state index in [1.807, 2.05) is 13.8 Å². The Morgan fingerprint density at radius 1 is 1.35 bits per heavy atom. The highest BCUT2D eigenvalue weighted by Crippen LogP contribution is 2.03. The summed E-state index contributed by atoms with van der Waals surface area (Å²) in [7, 11) is 1.71. The van der Waals surface area contributed by atoms with Crippen LogP contribution in [-0.2, 0) is 9.59 Å². The van der Waals surface area contributed by atoms with E-state index in [0.717, 1.165) is 12.8 Å². The monoisotopic (exact) mass is 244 g/mol. The Balaban J connectivity index is 4.34. The van der Waals surface area contributed by atoms with Crippen molar-refractivity contribution < 1.29 is 14.7 Å². The van der Waals surface area contributed by atoms with E-state index in [2.05, 4.69) is 5.32 Å². The molecule has 100 valence electrons. The molecule has 0 aromatic heterocycles. The van der Waals surface area contributed by atoms with Gasteiger partial charge in [-0.1, -0.05) is 19.8 Å². The molecule has 5 heteroatoms. The molecule has 0 heterocycles. The maximum absolute atomic E-state index is 11.8. The standard InChI is InChI=1S/C12H24N2O3/c1-5-7-8-10(12(16)17)13-9(3)11(15)14(4)6-2/h9-10,13H,5-8H2,1-4H3,(H,16,17). The summed E-state index contributed by atoms with van der Waals surface area (Å²) in [5.74, 6) is -0.965. The lowest BCUT2D eigenvalue weighted by molar-refractivity contribution is -0.140. The van der Waals surface area contributed by atoms with Gasteiger partial charge in [0.05, 0.1) is 6.04 Å². The van der Waals surface area contributed by atoms with Crippen molar-refractivity contribution in [1.82, 2.24) is 10.2 Å². The molecular weight excluding hydrogens is 220 g/mol. The van der Waals surface area contributed by atoms with Crippen molar-refractivity contribution in [2.24, 2.45) is 0 Å². The van der Waals surface area contributed by atoms with E-state index in [4.69, 9.17) is 5.11 Å². The van der Waals surface area contributed by atoms with Crippen LogP contribution >= 0.6 is 0 Å². The van der Waals surface area contributed by atoms with E-state index in [1.54, 1.807) is 18.9 Å². The van der Waals surface area contributed by atoms with Crippen LogP contribution in [0.4, 0.5) is 0 Å². The van der Waals surface area contributed by atoms with E-state index in [0.29, 0.717) is 13.0 Å². The average molecular weight is 244 g/mol. The first kappa shape index (κ1) is 15.9. The molecular formula is C12H24N2O3. The molecule has 0 bridgehead atoms. The molecule has 0 saturated carbocycles. The lowest BCUT2D eigenvalue weighted by atomic mass is 10.1. The molecule has 0 rings (SSSR count). The number of carbonyl (C=O) groups excluding carboxylic acids is 1. The van der Waals surface area contributed by atoms with Crippen LogP contribution in [-0.4, -0.2) is 47.6 Å². The fraction of sp³-hybridized carbons (Fsp3) is 0.833. The summed E-state index contributed by atoms with van der Waals surface area (Å²) in [6.45, 7) is 6.22. The van der Waals surface area contributed by atoms with Gasteiger partial charge in [0.15, 0.2) is 0 Å². The zero-order valence-corrected chi connectivity index (χ0v) is 11.2. The first-order chi connectivity index (χ1) is 7.93. The molecule has 2 N–H and O–H groups in total. The maximum Gasteiger partial charge on any atom is 0.320 e. The van der Waals surface area contributed by atoms with Crippen LogP contribution in [0.25, 0.3) is 0 Å². The predicted molar refractivity (Wildman–Crippen MR) is 66.9 cm³/mol. The first-order valence-electron chi connectivity index (χ1n) is 6.17. The number of rotatable bonds is 8. The van der Waals surface area contributed by atoms with Gasteiger partial charge in [0, 0.05) is 13.6 Å². The maximum atomic E-state index is 11.8. The van der Waals surface area contributed by atoms with Crippen molar-refractivity contribution in [1.29, 1.82) is 0 Å². The van der Waals surface area contributed by atoms with Gasteiger partial charge in [-0.2, -0.15) is 0 Å². The van der Waals surface area contributed by atoms with E-state index in [9.17, 15) is 9.59 Å². The van der Waals surface area contributed by atoms with Crippen LogP contribution in [0.3, 0.4) is 0 Å². The Bertz CT molecular complexity index is 256. The van der Waals surface area contributed by atoms with Crippen molar-refractivity contribution in [3.05, 3.63) is 0 Å². The Hall–Kier alpha value is -1.10. The first-order valence-corrected chi connectivity index (χ1v) is 6.17. The number of carboxylic acid groups (broad SMARTS) is 1. The average Bonchev–Trinajstić information content (AvgIpc) is 2.31. The topological polar surface area (TPSA) is 69.6 Å². The smallest absolute Gasteiger partial charge is 0.320 e. The summed E-state index contributed by atoms with van der Waals surface area (Å²) in [5, 5.41) is 11.9. The summed E-state index contributed by atoms with van der Waals surface area (Å²) < 4.78 is 0. The van der Waals surface area contributed by atoms with Gasteiger partial charge in [-0.15, -0.1) is 0 Å². The molecule has 17 heavy (non-hydrogen) atoms. The molecule has 0 radical (unpaired) electrons. The van der Waals surface area contributed by atoms with Gasteiger partial charge in [-0.05, 0) is 20.3 Å². The van der Waals surface area contributed by atoms with E-state index >= 15 is 0 Å². The van der Waals surface area contributed by atoms with Crippen molar-refractivity contribution in [2.75, 3.05) is 13.6 Å². The van der Waals surface area contributed by atoms with Crippen LogP contribution in [0.2, 0.25) is 0 Å². The Kier molecular flexibility index (Phi) is 7.54. The molecule has 0 aliphatic rings. The number of likely N-dealkylation sites (N-methyl/N-ethyl adjacent to an activating group) is 1. The van der Waals surface area contributed by atoms with Gasteiger partial charge in [-0.25, -0.2) is 0 Å². The van der Waals surface area contributed by atoms with Crippen LogP contribution in [0.1, 0.15) is 40.0 Å². The third-order valence-corrected chi connectivity index (χ3v) is 2.82. The quantitative estimate of drug-likeness (QED) is 0.670. The van der Waals surface area contributed by atoms with E-state index < -0.39 is 18.1 Å². The second kappa shape index (κ2) is 8.06. The highest BCUT2D eigenvalue weighted by atomic mass is 16.4. The van der Waals surface area contributed by atoms with Crippen LogP contribution in [0, 0.1) is 0 Å².